The minimum Gasteiger partial charge on any atom is -0.406 e. The first kappa shape index (κ1) is 18.9. The summed E-state index contributed by atoms with van der Waals surface area (Å²) < 4.78 is 41.9. The van der Waals surface area contributed by atoms with E-state index in [9.17, 15) is 13.2 Å². The summed E-state index contributed by atoms with van der Waals surface area (Å²) in [6, 6.07) is 12.6. The lowest BCUT2D eigenvalue weighted by Crippen LogP contribution is -2.17. The van der Waals surface area contributed by atoms with Gasteiger partial charge in [0.1, 0.15) is 17.9 Å². The maximum atomic E-state index is 12.6. The van der Waals surface area contributed by atoms with Crippen LogP contribution in [0.3, 0.4) is 0 Å². The Morgan fingerprint density at radius 3 is 2.55 bits per heavy atom. The zero-order chi connectivity index (χ0) is 20.6. The SMILES string of the molecule is Nc1ncnc2ccc(-c3cccnc3-c3cc(OC(F)(F)F)ccc3Cl)cc12. The van der Waals surface area contributed by atoms with Crippen LogP contribution in [0.1, 0.15) is 0 Å². The van der Waals surface area contributed by atoms with Gasteiger partial charge in [-0.1, -0.05) is 23.7 Å². The van der Waals surface area contributed by atoms with E-state index in [1.807, 2.05) is 6.07 Å². The molecule has 146 valence electrons. The fourth-order valence-electron chi connectivity index (χ4n) is 2.98. The van der Waals surface area contributed by atoms with Gasteiger partial charge in [0.05, 0.1) is 16.2 Å². The average molecular weight is 417 g/mol. The van der Waals surface area contributed by atoms with Gasteiger partial charge in [-0.25, -0.2) is 9.97 Å². The maximum absolute atomic E-state index is 12.6. The minimum atomic E-state index is -4.81. The van der Waals surface area contributed by atoms with Crippen molar-refractivity contribution in [3.8, 4) is 28.1 Å². The van der Waals surface area contributed by atoms with Gasteiger partial charge < -0.3 is 10.5 Å². The third kappa shape index (κ3) is 3.93. The van der Waals surface area contributed by atoms with Crippen molar-refractivity contribution >= 4 is 28.3 Å². The van der Waals surface area contributed by atoms with E-state index in [0.717, 1.165) is 11.6 Å². The first-order valence-corrected chi connectivity index (χ1v) is 8.71. The summed E-state index contributed by atoms with van der Waals surface area (Å²) >= 11 is 6.26. The van der Waals surface area contributed by atoms with Gasteiger partial charge in [0, 0.05) is 22.7 Å². The molecule has 0 spiro atoms. The van der Waals surface area contributed by atoms with Crippen molar-refractivity contribution in [2.45, 2.75) is 6.36 Å². The van der Waals surface area contributed by atoms with E-state index in [0.29, 0.717) is 33.5 Å². The largest absolute Gasteiger partial charge is 0.573 e. The molecule has 5 nitrogen and oxygen atoms in total. The van der Waals surface area contributed by atoms with Crippen LogP contribution in [-0.4, -0.2) is 21.3 Å². The molecule has 9 heteroatoms. The summed E-state index contributed by atoms with van der Waals surface area (Å²) in [6.07, 6.45) is -1.91. The molecule has 2 aromatic heterocycles. The van der Waals surface area contributed by atoms with Crippen LogP contribution in [0, 0.1) is 0 Å². The van der Waals surface area contributed by atoms with Crippen molar-refractivity contribution in [3.05, 3.63) is 66.1 Å². The fourth-order valence-corrected chi connectivity index (χ4v) is 3.19. The second-order valence-corrected chi connectivity index (χ2v) is 6.49. The van der Waals surface area contributed by atoms with Crippen molar-refractivity contribution in [2.75, 3.05) is 5.73 Å². The van der Waals surface area contributed by atoms with Crippen molar-refractivity contribution < 1.29 is 17.9 Å². The van der Waals surface area contributed by atoms with Gasteiger partial charge in [-0.2, -0.15) is 0 Å². The lowest BCUT2D eigenvalue weighted by molar-refractivity contribution is -0.274. The summed E-state index contributed by atoms with van der Waals surface area (Å²) in [7, 11) is 0. The van der Waals surface area contributed by atoms with Gasteiger partial charge in [0.25, 0.3) is 0 Å². The fraction of sp³-hybridized carbons (Fsp3) is 0.0500. The number of benzene rings is 2. The Morgan fingerprint density at radius 1 is 0.931 bits per heavy atom. The van der Waals surface area contributed by atoms with Crippen LogP contribution in [0.5, 0.6) is 5.75 Å². The summed E-state index contributed by atoms with van der Waals surface area (Å²) in [5.41, 5.74) is 8.72. The van der Waals surface area contributed by atoms with Gasteiger partial charge in [-0.3, -0.25) is 4.98 Å². The Labute approximate surface area is 168 Å². The number of rotatable bonds is 3. The summed E-state index contributed by atoms with van der Waals surface area (Å²) in [5.74, 6) is -0.0643. The molecule has 0 amide bonds. The number of pyridine rings is 1. The third-order valence-electron chi connectivity index (χ3n) is 4.21. The van der Waals surface area contributed by atoms with E-state index in [1.165, 1.54) is 24.7 Å². The maximum Gasteiger partial charge on any atom is 0.573 e. The summed E-state index contributed by atoms with van der Waals surface area (Å²) in [6.45, 7) is 0. The Bertz CT molecular complexity index is 1210. The van der Waals surface area contributed by atoms with Crippen LogP contribution < -0.4 is 10.5 Å². The normalized spacial score (nSPS) is 11.6. The highest BCUT2D eigenvalue weighted by Crippen LogP contribution is 2.38. The Balaban J connectivity index is 1.87. The zero-order valence-electron chi connectivity index (χ0n) is 14.6. The molecule has 0 bridgehead atoms. The smallest absolute Gasteiger partial charge is 0.406 e. The Hall–Kier alpha value is -3.39. The van der Waals surface area contributed by atoms with Crippen LogP contribution in [0.25, 0.3) is 33.3 Å². The lowest BCUT2D eigenvalue weighted by Gasteiger charge is -2.14. The molecule has 4 aromatic rings. The van der Waals surface area contributed by atoms with Gasteiger partial charge in [-0.15, -0.1) is 13.2 Å². The summed E-state index contributed by atoms with van der Waals surface area (Å²) in [4.78, 5) is 12.5. The monoisotopic (exact) mass is 416 g/mol. The second kappa shape index (κ2) is 7.21. The molecule has 2 N–H and O–H groups in total. The summed E-state index contributed by atoms with van der Waals surface area (Å²) in [5, 5.41) is 0.892. The number of hydrogen-bond donors (Lipinski definition) is 1. The predicted octanol–water partition coefficient (Wildman–Crippen LogP) is 5.49. The highest BCUT2D eigenvalue weighted by atomic mass is 35.5. The number of halogens is 4. The van der Waals surface area contributed by atoms with Crippen LogP contribution in [-0.2, 0) is 0 Å². The zero-order valence-corrected chi connectivity index (χ0v) is 15.4. The van der Waals surface area contributed by atoms with Crippen molar-refractivity contribution in [3.63, 3.8) is 0 Å². The molecule has 2 heterocycles. The number of nitrogens with two attached hydrogens (primary N) is 1. The van der Waals surface area contributed by atoms with Gasteiger partial charge in [-0.05, 0) is 42.0 Å². The number of nitrogens with zero attached hydrogens (tertiary/aromatic N) is 3. The molecule has 0 aliphatic carbocycles. The van der Waals surface area contributed by atoms with E-state index in [4.69, 9.17) is 17.3 Å². The third-order valence-corrected chi connectivity index (χ3v) is 4.54. The van der Waals surface area contributed by atoms with Gasteiger partial charge in [0.15, 0.2) is 0 Å². The quantitative estimate of drug-likeness (QED) is 0.478. The van der Waals surface area contributed by atoms with Crippen molar-refractivity contribution in [1.29, 1.82) is 0 Å². The topological polar surface area (TPSA) is 73.9 Å². The number of ether oxygens (including phenoxy) is 1. The molecular weight excluding hydrogens is 405 g/mol. The second-order valence-electron chi connectivity index (χ2n) is 6.08. The highest BCUT2D eigenvalue weighted by molar-refractivity contribution is 6.33. The van der Waals surface area contributed by atoms with Crippen LogP contribution in [0.4, 0.5) is 19.0 Å². The Morgan fingerprint density at radius 2 is 1.76 bits per heavy atom. The van der Waals surface area contributed by atoms with Crippen LogP contribution in [0.15, 0.2) is 61.1 Å². The molecule has 4 rings (SSSR count). The number of anilines is 1. The molecule has 0 fully saturated rings. The van der Waals surface area contributed by atoms with E-state index in [2.05, 4.69) is 19.7 Å². The number of hydrogen-bond acceptors (Lipinski definition) is 5. The van der Waals surface area contributed by atoms with Crippen LogP contribution >= 0.6 is 11.6 Å². The molecule has 0 radical (unpaired) electrons. The number of alkyl halides is 3. The first-order chi connectivity index (χ1) is 13.8. The van der Waals surface area contributed by atoms with Crippen molar-refractivity contribution in [1.82, 2.24) is 15.0 Å². The van der Waals surface area contributed by atoms with E-state index in [-0.39, 0.29) is 10.8 Å². The molecule has 0 saturated carbocycles. The molecule has 0 unspecified atom stereocenters. The molecule has 2 aromatic carbocycles. The molecule has 29 heavy (non-hydrogen) atoms. The number of aromatic nitrogens is 3. The van der Waals surface area contributed by atoms with Crippen molar-refractivity contribution in [2.24, 2.45) is 0 Å². The molecule has 0 aliphatic heterocycles. The van der Waals surface area contributed by atoms with Gasteiger partial charge in [0.2, 0.25) is 0 Å². The predicted molar refractivity (Wildman–Crippen MR) is 104 cm³/mol. The molecule has 0 saturated heterocycles. The average Bonchev–Trinajstić information content (AvgIpc) is 2.69. The first-order valence-electron chi connectivity index (χ1n) is 8.33. The van der Waals surface area contributed by atoms with E-state index < -0.39 is 6.36 Å². The number of nitrogen functional groups attached to an aromatic ring is 1. The number of fused-ring (bicyclic) bond motifs is 1. The molecule has 0 aliphatic rings. The highest BCUT2D eigenvalue weighted by Gasteiger charge is 2.31. The molecule has 0 atom stereocenters. The Kier molecular flexibility index (Phi) is 4.71. The minimum absolute atomic E-state index is 0.239. The van der Waals surface area contributed by atoms with Crippen LogP contribution in [0.2, 0.25) is 5.02 Å². The van der Waals surface area contributed by atoms with E-state index >= 15 is 0 Å². The van der Waals surface area contributed by atoms with Gasteiger partial charge >= 0.3 is 6.36 Å². The van der Waals surface area contributed by atoms with E-state index in [1.54, 1.807) is 24.3 Å². The lowest BCUT2D eigenvalue weighted by atomic mass is 9.98. The standard InChI is InChI=1S/C20H12ClF3N4O/c21-16-5-4-12(29-20(22,23)24)9-14(16)18-13(2-1-7-26-18)11-3-6-17-15(8-11)19(25)28-10-27-17/h1-10H,(H2,25,27,28). The molecular formula is C20H12ClF3N4O.